The van der Waals surface area contributed by atoms with Crippen molar-refractivity contribution >= 4 is 44.9 Å². The number of hydrogen-bond donors (Lipinski definition) is 1. The SMILES string of the molecule is O=C(C[C@@]1(O)C(=O)N(Cc2ccc(F)cc2)c2ccc(Br)cc21)c1ccc(Cl)cc1. The minimum absolute atomic E-state index is 0.144. The monoisotopic (exact) mass is 487 g/mol. The first kappa shape index (κ1) is 20.7. The molecule has 1 aliphatic rings. The van der Waals surface area contributed by atoms with E-state index >= 15 is 0 Å². The van der Waals surface area contributed by atoms with Gasteiger partial charge in [0.15, 0.2) is 11.4 Å². The van der Waals surface area contributed by atoms with Gasteiger partial charge < -0.3 is 10.0 Å². The number of fused-ring (bicyclic) bond motifs is 1. The summed E-state index contributed by atoms with van der Waals surface area (Å²) in [7, 11) is 0. The van der Waals surface area contributed by atoms with E-state index in [0.717, 1.165) is 0 Å². The van der Waals surface area contributed by atoms with Crippen molar-refractivity contribution in [3.05, 3.63) is 98.7 Å². The molecular weight excluding hydrogens is 473 g/mol. The van der Waals surface area contributed by atoms with Crippen LogP contribution in [0, 0.1) is 5.82 Å². The second-order valence-corrected chi connectivity index (χ2v) is 8.50. The van der Waals surface area contributed by atoms with Crippen LogP contribution in [-0.4, -0.2) is 16.8 Å². The molecule has 1 amide bonds. The summed E-state index contributed by atoms with van der Waals surface area (Å²) in [5.41, 5.74) is -0.0816. The van der Waals surface area contributed by atoms with Gasteiger partial charge in [-0.1, -0.05) is 39.7 Å². The molecular formula is C23H16BrClFNO3. The lowest BCUT2D eigenvalue weighted by atomic mass is 9.88. The third-order valence-electron chi connectivity index (χ3n) is 5.13. The fraction of sp³-hybridized carbons (Fsp3) is 0.130. The maximum Gasteiger partial charge on any atom is 0.264 e. The molecule has 7 heteroatoms. The summed E-state index contributed by atoms with van der Waals surface area (Å²) in [5.74, 6) is -1.35. The van der Waals surface area contributed by atoms with E-state index in [1.165, 1.54) is 17.0 Å². The van der Waals surface area contributed by atoms with Gasteiger partial charge in [-0.2, -0.15) is 0 Å². The molecule has 1 N–H and O–H groups in total. The predicted molar refractivity (Wildman–Crippen MR) is 116 cm³/mol. The van der Waals surface area contributed by atoms with Crippen molar-refractivity contribution in [1.82, 2.24) is 0 Å². The molecule has 0 bridgehead atoms. The van der Waals surface area contributed by atoms with Crippen molar-refractivity contribution in [1.29, 1.82) is 0 Å². The minimum atomic E-state index is -2.00. The van der Waals surface area contributed by atoms with Crippen molar-refractivity contribution in [2.45, 2.75) is 18.6 Å². The summed E-state index contributed by atoms with van der Waals surface area (Å²) in [5, 5.41) is 11.9. The van der Waals surface area contributed by atoms with E-state index in [9.17, 15) is 19.1 Å². The number of halogens is 3. The topological polar surface area (TPSA) is 57.6 Å². The normalized spacial score (nSPS) is 17.9. The van der Waals surface area contributed by atoms with Gasteiger partial charge in [0, 0.05) is 20.6 Å². The van der Waals surface area contributed by atoms with Crippen molar-refractivity contribution < 1.29 is 19.1 Å². The quantitative estimate of drug-likeness (QED) is 0.499. The third-order valence-corrected chi connectivity index (χ3v) is 5.88. The summed E-state index contributed by atoms with van der Waals surface area (Å²) in [4.78, 5) is 27.6. The van der Waals surface area contributed by atoms with Crippen LogP contribution < -0.4 is 4.90 Å². The van der Waals surface area contributed by atoms with Crippen LogP contribution in [0.4, 0.5) is 10.1 Å². The Morgan fingerprint density at radius 1 is 1.07 bits per heavy atom. The number of benzene rings is 3. The third kappa shape index (κ3) is 3.78. The van der Waals surface area contributed by atoms with Crippen LogP contribution in [-0.2, 0) is 16.9 Å². The Kier molecular flexibility index (Phi) is 5.49. The maximum absolute atomic E-state index is 13.3. The van der Waals surface area contributed by atoms with Crippen LogP contribution in [0.2, 0.25) is 5.02 Å². The molecule has 0 aliphatic carbocycles. The molecule has 3 aromatic carbocycles. The van der Waals surface area contributed by atoms with Crippen LogP contribution in [0.15, 0.2) is 71.2 Å². The highest BCUT2D eigenvalue weighted by Gasteiger charge is 2.51. The molecule has 1 atom stereocenters. The average Bonchev–Trinajstić information content (AvgIpc) is 2.91. The summed E-state index contributed by atoms with van der Waals surface area (Å²) in [6, 6.07) is 17.2. The number of hydrogen-bond acceptors (Lipinski definition) is 3. The Bertz CT molecular complexity index is 1130. The highest BCUT2D eigenvalue weighted by molar-refractivity contribution is 9.10. The molecule has 0 fully saturated rings. The van der Waals surface area contributed by atoms with E-state index in [1.807, 2.05) is 0 Å². The van der Waals surface area contributed by atoms with Crippen molar-refractivity contribution in [3.8, 4) is 0 Å². The van der Waals surface area contributed by atoms with Gasteiger partial charge in [0.25, 0.3) is 5.91 Å². The lowest BCUT2D eigenvalue weighted by molar-refractivity contribution is -0.136. The first-order chi connectivity index (χ1) is 14.3. The van der Waals surface area contributed by atoms with E-state index in [2.05, 4.69) is 15.9 Å². The molecule has 4 rings (SSSR count). The number of nitrogens with zero attached hydrogens (tertiary/aromatic N) is 1. The fourth-order valence-corrected chi connectivity index (χ4v) is 4.08. The molecule has 0 spiro atoms. The maximum atomic E-state index is 13.3. The first-order valence-corrected chi connectivity index (χ1v) is 10.3. The van der Waals surface area contributed by atoms with Gasteiger partial charge in [0.2, 0.25) is 0 Å². The largest absolute Gasteiger partial charge is 0.375 e. The van der Waals surface area contributed by atoms with E-state index < -0.39 is 17.9 Å². The zero-order chi connectivity index (χ0) is 21.5. The lowest BCUT2D eigenvalue weighted by Gasteiger charge is -2.23. The van der Waals surface area contributed by atoms with Gasteiger partial charge in [0.1, 0.15) is 5.82 Å². The Balaban J connectivity index is 1.70. The van der Waals surface area contributed by atoms with Crippen LogP contribution in [0.1, 0.15) is 27.9 Å². The van der Waals surface area contributed by atoms with E-state index in [4.69, 9.17) is 11.6 Å². The summed E-state index contributed by atoms with van der Waals surface area (Å²) >= 11 is 9.25. The Morgan fingerprint density at radius 2 is 1.73 bits per heavy atom. The standard InChI is InChI=1S/C23H16BrClFNO3/c24-16-5-10-20-19(11-16)23(30,12-21(28)15-3-6-17(25)7-4-15)22(29)27(20)13-14-1-8-18(26)9-2-14/h1-11,30H,12-13H2/t23-/m0/s1. The van der Waals surface area contributed by atoms with Gasteiger partial charge in [-0.25, -0.2) is 4.39 Å². The number of aliphatic hydroxyl groups is 1. The zero-order valence-electron chi connectivity index (χ0n) is 15.6. The Morgan fingerprint density at radius 3 is 2.40 bits per heavy atom. The number of carbonyl (C=O) groups is 2. The van der Waals surface area contributed by atoms with Crippen molar-refractivity contribution in [2.75, 3.05) is 4.90 Å². The minimum Gasteiger partial charge on any atom is -0.375 e. The number of amides is 1. The van der Waals surface area contributed by atoms with Gasteiger partial charge in [-0.05, 0) is 60.2 Å². The zero-order valence-corrected chi connectivity index (χ0v) is 18.0. The van der Waals surface area contributed by atoms with E-state index in [1.54, 1.807) is 54.6 Å². The van der Waals surface area contributed by atoms with Crippen molar-refractivity contribution in [3.63, 3.8) is 0 Å². The molecule has 1 aliphatic heterocycles. The molecule has 0 saturated heterocycles. The van der Waals surface area contributed by atoms with Crippen molar-refractivity contribution in [2.24, 2.45) is 0 Å². The lowest BCUT2D eigenvalue weighted by Crippen LogP contribution is -2.41. The van der Waals surface area contributed by atoms with Crippen LogP contribution >= 0.6 is 27.5 Å². The number of ketones is 1. The predicted octanol–water partition coefficient (Wildman–Crippen LogP) is 5.25. The molecule has 30 heavy (non-hydrogen) atoms. The number of anilines is 1. The number of rotatable bonds is 5. The Hall–Kier alpha value is -2.54. The van der Waals surface area contributed by atoms with Crippen LogP contribution in [0.25, 0.3) is 0 Å². The molecule has 0 radical (unpaired) electrons. The smallest absolute Gasteiger partial charge is 0.264 e. The first-order valence-electron chi connectivity index (χ1n) is 9.15. The Labute approximate surface area is 186 Å². The molecule has 0 unspecified atom stereocenters. The van der Waals surface area contributed by atoms with E-state index in [-0.39, 0.29) is 18.1 Å². The second-order valence-electron chi connectivity index (χ2n) is 7.15. The number of Topliss-reactive ketones (excluding diaryl/α,β-unsaturated/α-hetero) is 1. The second kappa shape index (κ2) is 7.95. The van der Waals surface area contributed by atoms with E-state index in [0.29, 0.717) is 31.9 Å². The molecule has 152 valence electrons. The summed E-state index contributed by atoms with van der Waals surface area (Å²) in [6.07, 6.45) is -0.406. The highest BCUT2D eigenvalue weighted by Crippen LogP contribution is 2.44. The van der Waals surface area contributed by atoms with Gasteiger partial charge in [-0.3, -0.25) is 9.59 Å². The molecule has 1 heterocycles. The van der Waals surface area contributed by atoms with Gasteiger partial charge >= 0.3 is 0 Å². The highest BCUT2D eigenvalue weighted by atomic mass is 79.9. The fourth-order valence-electron chi connectivity index (χ4n) is 3.59. The molecule has 3 aromatic rings. The summed E-state index contributed by atoms with van der Waals surface area (Å²) in [6.45, 7) is 0.144. The summed E-state index contributed by atoms with van der Waals surface area (Å²) < 4.78 is 13.9. The van der Waals surface area contributed by atoms with Crippen LogP contribution in [0.5, 0.6) is 0 Å². The molecule has 0 saturated carbocycles. The number of carbonyl (C=O) groups excluding carboxylic acids is 2. The van der Waals surface area contributed by atoms with Gasteiger partial charge in [-0.15, -0.1) is 0 Å². The molecule has 4 nitrogen and oxygen atoms in total. The van der Waals surface area contributed by atoms with Crippen LogP contribution in [0.3, 0.4) is 0 Å². The average molecular weight is 489 g/mol. The molecule has 0 aromatic heterocycles. The van der Waals surface area contributed by atoms with Gasteiger partial charge in [0.05, 0.1) is 18.7 Å².